The van der Waals surface area contributed by atoms with Crippen LogP contribution in [0.15, 0.2) is 71.8 Å². The van der Waals surface area contributed by atoms with Crippen LogP contribution in [-0.4, -0.2) is 37.2 Å². The van der Waals surface area contributed by atoms with Gasteiger partial charge in [-0.3, -0.25) is 14.7 Å². The summed E-state index contributed by atoms with van der Waals surface area (Å²) in [4.78, 5) is 23.8. The summed E-state index contributed by atoms with van der Waals surface area (Å²) >= 11 is 7.19. The summed E-state index contributed by atoms with van der Waals surface area (Å²) in [6.07, 6.45) is 1.44. The number of thiazole rings is 1. The van der Waals surface area contributed by atoms with Crippen molar-refractivity contribution in [3.05, 3.63) is 77.6 Å². The SMILES string of the molecule is COc1cccc2sc(N(Cc3ccccn3)C(=O)CCS(=O)(=O)c3ccc(Cl)cc3)nc12. The molecule has 2 aromatic carbocycles. The van der Waals surface area contributed by atoms with Crippen LogP contribution in [0.5, 0.6) is 5.75 Å². The highest BCUT2D eigenvalue weighted by molar-refractivity contribution is 7.91. The van der Waals surface area contributed by atoms with Crippen LogP contribution in [0.2, 0.25) is 5.02 Å². The number of hydrogen-bond acceptors (Lipinski definition) is 7. The number of carbonyl (C=O) groups is 1. The topological polar surface area (TPSA) is 89.5 Å². The number of anilines is 1. The van der Waals surface area contributed by atoms with Crippen molar-refractivity contribution in [2.24, 2.45) is 0 Å². The molecule has 0 atom stereocenters. The number of rotatable bonds is 8. The first kappa shape index (κ1) is 23.2. The Labute approximate surface area is 200 Å². The molecule has 10 heteroatoms. The van der Waals surface area contributed by atoms with E-state index in [0.29, 0.717) is 27.1 Å². The molecule has 33 heavy (non-hydrogen) atoms. The number of pyridine rings is 1. The largest absolute Gasteiger partial charge is 0.494 e. The van der Waals surface area contributed by atoms with Crippen molar-refractivity contribution in [2.75, 3.05) is 17.8 Å². The van der Waals surface area contributed by atoms with E-state index in [-0.39, 0.29) is 29.5 Å². The third-order valence-corrected chi connectivity index (χ3v) is 7.95. The van der Waals surface area contributed by atoms with Crippen LogP contribution in [0.1, 0.15) is 12.1 Å². The number of halogens is 1. The average molecular weight is 502 g/mol. The zero-order valence-electron chi connectivity index (χ0n) is 17.6. The fourth-order valence-corrected chi connectivity index (χ4v) is 5.58. The lowest BCUT2D eigenvalue weighted by molar-refractivity contribution is -0.118. The zero-order valence-corrected chi connectivity index (χ0v) is 20.0. The molecule has 0 radical (unpaired) electrons. The van der Waals surface area contributed by atoms with E-state index in [1.165, 1.54) is 40.5 Å². The lowest BCUT2D eigenvalue weighted by Gasteiger charge is -2.19. The van der Waals surface area contributed by atoms with Gasteiger partial charge in [0.15, 0.2) is 15.0 Å². The molecule has 0 aliphatic heterocycles. The van der Waals surface area contributed by atoms with Crippen LogP contribution >= 0.6 is 22.9 Å². The van der Waals surface area contributed by atoms with Crippen molar-refractivity contribution < 1.29 is 17.9 Å². The Kier molecular flexibility index (Phi) is 6.92. The van der Waals surface area contributed by atoms with Crippen LogP contribution < -0.4 is 9.64 Å². The smallest absolute Gasteiger partial charge is 0.230 e. The van der Waals surface area contributed by atoms with Gasteiger partial charge in [-0.25, -0.2) is 13.4 Å². The summed E-state index contributed by atoms with van der Waals surface area (Å²) in [6, 6.07) is 16.9. The summed E-state index contributed by atoms with van der Waals surface area (Å²) in [5.74, 6) is -0.0952. The predicted octanol–water partition coefficient (Wildman–Crippen LogP) is 4.75. The fourth-order valence-electron chi connectivity index (χ4n) is 3.22. The molecular weight excluding hydrogens is 482 g/mol. The fraction of sp³-hybridized carbons (Fsp3) is 0.174. The Morgan fingerprint density at radius 2 is 1.88 bits per heavy atom. The van der Waals surface area contributed by atoms with Gasteiger partial charge in [-0.1, -0.05) is 35.1 Å². The van der Waals surface area contributed by atoms with E-state index in [4.69, 9.17) is 16.3 Å². The number of aromatic nitrogens is 2. The third-order valence-electron chi connectivity index (χ3n) is 4.93. The molecule has 170 valence electrons. The molecular formula is C23H20ClN3O4S2. The van der Waals surface area contributed by atoms with Gasteiger partial charge in [-0.2, -0.15) is 0 Å². The number of amides is 1. The predicted molar refractivity (Wildman–Crippen MR) is 130 cm³/mol. The number of methoxy groups -OCH3 is 1. The van der Waals surface area contributed by atoms with E-state index in [9.17, 15) is 13.2 Å². The molecule has 7 nitrogen and oxygen atoms in total. The Morgan fingerprint density at radius 3 is 2.58 bits per heavy atom. The minimum Gasteiger partial charge on any atom is -0.494 e. The molecule has 4 rings (SSSR count). The van der Waals surface area contributed by atoms with Gasteiger partial charge in [0, 0.05) is 17.6 Å². The molecule has 2 aromatic heterocycles. The molecule has 4 aromatic rings. The van der Waals surface area contributed by atoms with Gasteiger partial charge >= 0.3 is 0 Å². The van der Waals surface area contributed by atoms with Crippen LogP contribution in [0.4, 0.5) is 5.13 Å². The number of benzene rings is 2. The monoisotopic (exact) mass is 501 g/mol. The summed E-state index contributed by atoms with van der Waals surface area (Å²) in [5, 5.41) is 0.895. The van der Waals surface area contributed by atoms with Crippen molar-refractivity contribution in [2.45, 2.75) is 17.9 Å². The number of ether oxygens (including phenoxy) is 1. The molecule has 0 saturated carbocycles. The maximum Gasteiger partial charge on any atom is 0.230 e. The third kappa shape index (κ3) is 5.32. The van der Waals surface area contributed by atoms with Crippen LogP contribution in [0.3, 0.4) is 0 Å². The van der Waals surface area contributed by atoms with E-state index >= 15 is 0 Å². The van der Waals surface area contributed by atoms with Gasteiger partial charge in [-0.05, 0) is 48.5 Å². The van der Waals surface area contributed by atoms with Crippen molar-refractivity contribution in [3.8, 4) is 5.75 Å². The van der Waals surface area contributed by atoms with E-state index in [1.54, 1.807) is 31.5 Å². The summed E-state index contributed by atoms with van der Waals surface area (Å²) in [6.45, 7) is 0.169. The Bertz CT molecular complexity index is 1370. The highest BCUT2D eigenvalue weighted by Gasteiger charge is 2.24. The Balaban J connectivity index is 1.62. The lowest BCUT2D eigenvalue weighted by Crippen LogP contribution is -2.32. The zero-order chi connectivity index (χ0) is 23.4. The molecule has 0 fully saturated rings. The van der Waals surface area contributed by atoms with E-state index < -0.39 is 9.84 Å². The van der Waals surface area contributed by atoms with Gasteiger partial charge in [0.05, 0.1) is 34.7 Å². The van der Waals surface area contributed by atoms with Gasteiger partial charge < -0.3 is 4.74 Å². The van der Waals surface area contributed by atoms with Gasteiger partial charge in [0.2, 0.25) is 5.91 Å². The van der Waals surface area contributed by atoms with Crippen molar-refractivity contribution in [1.82, 2.24) is 9.97 Å². The lowest BCUT2D eigenvalue weighted by atomic mass is 10.3. The molecule has 2 heterocycles. The number of nitrogens with zero attached hydrogens (tertiary/aromatic N) is 3. The molecule has 1 amide bonds. The van der Waals surface area contributed by atoms with Crippen molar-refractivity contribution in [1.29, 1.82) is 0 Å². The maximum absolute atomic E-state index is 13.3. The van der Waals surface area contributed by atoms with E-state index in [1.807, 2.05) is 18.2 Å². The molecule has 0 aliphatic rings. The highest BCUT2D eigenvalue weighted by atomic mass is 35.5. The molecule has 0 spiro atoms. The van der Waals surface area contributed by atoms with Crippen molar-refractivity contribution >= 4 is 54.0 Å². The van der Waals surface area contributed by atoms with Crippen LogP contribution in [-0.2, 0) is 21.2 Å². The number of para-hydroxylation sites is 1. The van der Waals surface area contributed by atoms with E-state index in [0.717, 1.165) is 4.70 Å². The van der Waals surface area contributed by atoms with Crippen LogP contribution in [0.25, 0.3) is 10.2 Å². The number of carbonyl (C=O) groups excluding carboxylic acids is 1. The minimum absolute atomic E-state index is 0.126. The first-order valence-electron chi connectivity index (χ1n) is 9.99. The second-order valence-electron chi connectivity index (χ2n) is 7.13. The first-order valence-corrected chi connectivity index (χ1v) is 12.8. The molecule has 0 aliphatic carbocycles. The Morgan fingerprint density at radius 1 is 1.09 bits per heavy atom. The average Bonchev–Trinajstić information content (AvgIpc) is 3.26. The van der Waals surface area contributed by atoms with Gasteiger partial charge in [0.1, 0.15) is 11.3 Å². The highest BCUT2D eigenvalue weighted by Crippen LogP contribution is 2.35. The Hall–Kier alpha value is -3.01. The summed E-state index contributed by atoms with van der Waals surface area (Å²) in [5.41, 5.74) is 1.31. The van der Waals surface area contributed by atoms with Gasteiger partial charge in [0.25, 0.3) is 0 Å². The molecule has 0 N–H and O–H groups in total. The second kappa shape index (κ2) is 9.86. The normalized spacial score (nSPS) is 11.5. The quantitative estimate of drug-likeness (QED) is 0.346. The maximum atomic E-state index is 13.3. The molecule has 0 saturated heterocycles. The number of hydrogen-bond donors (Lipinski definition) is 0. The van der Waals surface area contributed by atoms with Crippen molar-refractivity contribution in [3.63, 3.8) is 0 Å². The standard InChI is InChI=1S/C23H20ClN3O4S2/c1-31-19-6-4-7-20-22(19)26-23(32-20)27(15-17-5-2-3-13-25-17)21(28)12-14-33(29,30)18-10-8-16(24)9-11-18/h2-11,13H,12,14-15H2,1H3. The molecule has 0 bridgehead atoms. The number of sulfone groups is 1. The number of fused-ring (bicyclic) bond motifs is 1. The van der Waals surface area contributed by atoms with E-state index in [2.05, 4.69) is 9.97 Å². The first-order chi connectivity index (χ1) is 15.9. The second-order valence-corrected chi connectivity index (χ2v) is 10.7. The molecule has 0 unspecified atom stereocenters. The summed E-state index contributed by atoms with van der Waals surface area (Å²) in [7, 11) is -2.09. The minimum atomic E-state index is -3.65. The van der Waals surface area contributed by atoms with Gasteiger partial charge in [-0.15, -0.1) is 0 Å². The summed E-state index contributed by atoms with van der Waals surface area (Å²) < 4.78 is 31.7. The van der Waals surface area contributed by atoms with Crippen LogP contribution in [0, 0.1) is 0 Å².